The largest absolute Gasteiger partial charge is 0.355 e. The summed E-state index contributed by atoms with van der Waals surface area (Å²) in [5.74, 6) is -0.552. The van der Waals surface area contributed by atoms with Crippen LogP contribution in [0.15, 0.2) is 48.5 Å². The van der Waals surface area contributed by atoms with E-state index in [2.05, 4.69) is 22.8 Å². The molecular weight excluding hydrogens is 371 g/mol. The van der Waals surface area contributed by atoms with E-state index in [1.807, 2.05) is 18.2 Å². The molecule has 0 radical (unpaired) electrons. The molecule has 0 bridgehead atoms. The molecule has 1 saturated carbocycles. The number of aryl methyl sites for hydroxylation is 1. The minimum absolute atomic E-state index is 0.221. The van der Waals surface area contributed by atoms with Gasteiger partial charge in [0, 0.05) is 11.6 Å². The molecule has 0 heterocycles. The minimum atomic E-state index is -0.988. The van der Waals surface area contributed by atoms with Crippen molar-refractivity contribution in [2.75, 3.05) is 11.9 Å². The van der Waals surface area contributed by atoms with Crippen molar-refractivity contribution in [3.05, 3.63) is 64.1 Å². The summed E-state index contributed by atoms with van der Waals surface area (Å²) in [7, 11) is 0. The van der Waals surface area contributed by atoms with Crippen LogP contribution in [-0.2, 0) is 16.0 Å². The maximum absolute atomic E-state index is 12.6. The molecule has 3 rings (SSSR count). The van der Waals surface area contributed by atoms with E-state index >= 15 is 0 Å². The first kappa shape index (κ1) is 18.7. The number of amides is 2. The van der Waals surface area contributed by atoms with E-state index in [1.165, 1.54) is 5.56 Å². The van der Waals surface area contributed by atoms with E-state index in [0.717, 1.165) is 12.8 Å². The van der Waals surface area contributed by atoms with Gasteiger partial charge in [0.05, 0.1) is 10.7 Å². The van der Waals surface area contributed by atoms with Crippen molar-refractivity contribution in [3.63, 3.8) is 0 Å². The molecule has 2 aromatic carbocycles. The van der Waals surface area contributed by atoms with E-state index in [4.69, 9.17) is 23.2 Å². The highest BCUT2D eigenvalue weighted by atomic mass is 35.5. The number of halogens is 2. The molecule has 1 fully saturated rings. The van der Waals surface area contributed by atoms with Crippen LogP contribution in [0.25, 0.3) is 0 Å². The molecule has 0 saturated heterocycles. The molecule has 0 aromatic heterocycles. The van der Waals surface area contributed by atoms with Crippen molar-refractivity contribution in [1.29, 1.82) is 0 Å². The first-order chi connectivity index (χ1) is 12.5. The smallest absolute Gasteiger partial charge is 0.240 e. The topological polar surface area (TPSA) is 58.2 Å². The van der Waals surface area contributed by atoms with Gasteiger partial charge in [0.15, 0.2) is 0 Å². The average molecular weight is 391 g/mol. The normalized spacial score (nSPS) is 14.5. The Morgan fingerprint density at radius 3 is 2.42 bits per heavy atom. The second-order valence-electron chi connectivity index (χ2n) is 6.51. The van der Waals surface area contributed by atoms with Crippen molar-refractivity contribution in [2.45, 2.75) is 25.7 Å². The molecular formula is C20H20Cl2N2O2. The fraction of sp³-hybridized carbons (Fsp3) is 0.300. The number of hydrogen-bond acceptors (Lipinski definition) is 2. The number of carbonyl (C=O) groups excluding carboxylic acids is 2. The summed E-state index contributed by atoms with van der Waals surface area (Å²) in [6.07, 6.45) is 2.80. The van der Waals surface area contributed by atoms with Crippen LogP contribution in [0.3, 0.4) is 0 Å². The van der Waals surface area contributed by atoms with Gasteiger partial charge in [0.1, 0.15) is 5.41 Å². The third-order valence-corrected chi connectivity index (χ3v) is 5.13. The quantitative estimate of drug-likeness (QED) is 0.541. The number of carbonyl (C=O) groups is 2. The van der Waals surface area contributed by atoms with Gasteiger partial charge < -0.3 is 10.6 Å². The Labute approximate surface area is 162 Å². The van der Waals surface area contributed by atoms with Crippen LogP contribution < -0.4 is 10.6 Å². The van der Waals surface area contributed by atoms with Crippen LogP contribution in [0.5, 0.6) is 0 Å². The standard InChI is InChI=1S/C20H20Cl2N2O2/c21-15-8-9-16(22)17(13-15)24-19(26)20(10-11-20)18(25)23-12-4-7-14-5-2-1-3-6-14/h1-3,5-6,8-9,13H,4,7,10-12H2,(H,23,25)(H,24,26). The third-order valence-electron chi connectivity index (χ3n) is 4.57. The van der Waals surface area contributed by atoms with Crippen molar-refractivity contribution >= 4 is 40.7 Å². The lowest BCUT2D eigenvalue weighted by Gasteiger charge is -2.16. The second-order valence-corrected chi connectivity index (χ2v) is 7.35. The van der Waals surface area contributed by atoms with Gasteiger partial charge in [-0.15, -0.1) is 0 Å². The van der Waals surface area contributed by atoms with E-state index < -0.39 is 5.41 Å². The SMILES string of the molecule is O=C(NCCCc1ccccc1)C1(C(=O)Nc2cc(Cl)ccc2Cl)CC1. The molecule has 0 aliphatic heterocycles. The Balaban J connectivity index is 1.51. The van der Waals surface area contributed by atoms with Gasteiger partial charge in [-0.1, -0.05) is 53.5 Å². The molecule has 6 heteroatoms. The molecule has 2 amide bonds. The summed E-state index contributed by atoms with van der Waals surface area (Å²) in [5.41, 5.74) is 0.668. The highest BCUT2D eigenvalue weighted by Gasteiger charge is 2.56. The highest BCUT2D eigenvalue weighted by Crippen LogP contribution is 2.47. The highest BCUT2D eigenvalue weighted by molar-refractivity contribution is 6.36. The van der Waals surface area contributed by atoms with Crippen LogP contribution in [0.2, 0.25) is 10.0 Å². The molecule has 0 atom stereocenters. The number of benzene rings is 2. The molecule has 1 aliphatic rings. The third kappa shape index (κ3) is 4.37. The van der Waals surface area contributed by atoms with Gasteiger partial charge >= 0.3 is 0 Å². The molecule has 0 unspecified atom stereocenters. The van der Waals surface area contributed by atoms with E-state index in [1.54, 1.807) is 18.2 Å². The van der Waals surface area contributed by atoms with Gasteiger partial charge in [0.25, 0.3) is 0 Å². The monoisotopic (exact) mass is 390 g/mol. The van der Waals surface area contributed by atoms with Crippen molar-refractivity contribution in [2.24, 2.45) is 5.41 Å². The van der Waals surface area contributed by atoms with Gasteiger partial charge in [-0.3, -0.25) is 9.59 Å². The fourth-order valence-corrected chi connectivity index (χ4v) is 3.16. The summed E-state index contributed by atoms with van der Waals surface area (Å²) >= 11 is 12.0. The molecule has 2 aromatic rings. The van der Waals surface area contributed by atoms with Crippen LogP contribution >= 0.6 is 23.2 Å². The summed E-state index contributed by atoms with van der Waals surface area (Å²) in [5, 5.41) is 6.49. The molecule has 0 spiro atoms. The zero-order chi connectivity index (χ0) is 18.6. The molecule has 2 N–H and O–H groups in total. The Morgan fingerprint density at radius 1 is 1.00 bits per heavy atom. The Hall–Kier alpha value is -2.04. The molecule has 1 aliphatic carbocycles. The van der Waals surface area contributed by atoms with Crippen LogP contribution in [0, 0.1) is 5.41 Å². The van der Waals surface area contributed by atoms with Gasteiger partial charge in [-0.2, -0.15) is 0 Å². The number of hydrogen-bond donors (Lipinski definition) is 2. The van der Waals surface area contributed by atoms with E-state index in [-0.39, 0.29) is 11.8 Å². The van der Waals surface area contributed by atoms with Crippen LogP contribution in [-0.4, -0.2) is 18.4 Å². The minimum Gasteiger partial charge on any atom is -0.355 e. The lowest BCUT2D eigenvalue weighted by Crippen LogP contribution is -2.40. The van der Waals surface area contributed by atoms with Crippen molar-refractivity contribution in [3.8, 4) is 0 Å². The Morgan fingerprint density at radius 2 is 1.73 bits per heavy atom. The lowest BCUT2D eigenvalue weighted by molar-refractivity contribution is -0.134. The number of nitrogens with one attached hydrogen (secondary N) is 2. The number of anilines is 1. The van der Waals surface area contributed by atoms with Crippen LogP contribution in [0.1, 0.15) is 24.8 Å². The summed E-state index contributed by atoms with van der Waals surface area (Å²) < 4.78 is 0. The molecule has 4 nitrogen and oxygen atoms in total. The Kier molecular flexibility index (Phi) is 5.84. The lowest BCUT2D eigenvalue weighted by atomic mass is 10.0. The maximum Gasteiger partial charge on any atom is 0.240 e. The average Bonchev–Trinajstić information content (AvgIpc) is 3.44. The van der Waals surface area contributed by atoms with E-state index in [0.29, 0.717) is 35.1 Å². The first-order valence-corrected chi connectivity index (χ1v) is 9.36. The van der Waals surface area contributed by atoms with Crippen LogP contribution in [0.4, 0.5) is 5.69 Å². The zero-order valence-corrected chi connectivity index (χ0v) is 15.7. The number of rotatable bonds is 7. The summed E-state index contributed by atoms with van der Waals surface area (Å²) in [4.78, 5) is 25.1. The molecule has 26 heavy (non-hydrogen) atoms. The fourth-order valence-electron chi connectivity index (χ4n) is 2.83. The summed E-state index contributed by atoms with van der Waals surface area (Å²) in [6, 6.07) is 14.9. The maximum atomic E-state index is 12.6. The van der Waals surface area contributed by atoms with Crippen molar-refractivity contribution < 1.29 is 9.59 Å². The van der Waals surface area contributed by atoms with Crippen molar-refractivity contribution in [1.82, 2.24) is 5.32 Å². The predicted molar refractivity (Wildman–Crippen MR) is 105 cm³/mol. The van der Waals surface area contributed by atoms with Gasteiger partial charge in [-0.05, 0) is 49.4 Å². The van der Waals surface area contributed by atoms with Gasteiger partial charge in [0.2, 0.25) is 11.8 Å². The van der Waals surface area contributed by atoms with E-state index in [9.17, 15) is 9.59 Å². The Bertz CT molecular complexity index is 805. The van der Waals surface area contributed by atoms with Gasteiger partial charge in [-0.25, -0.2) is 0 Å². The molecule has 136 valence electrons. The zero-order valence-electron chi connectivity index (χ0n) is 14.2. The summed E-state index contributed by atoms with van der Waals surface area (Å²) in [6.45, 7) is 0.542. The first-order valence-electron chi connectivity index (χ1n) is 8.60. The predicted octanol–water partition coefficient (Wildman–Crippen LogP) is 4.46. The second kappa shape index (κ2) is 8.11.